The maximum atomic E-state index is 12.4. The molecule has 0 fully saturated rings. The van der Waals surface area contributed by atoms with Gasteiger partial charge in [-0.25, -0.2) is 4.79 Å². The van der Waals surface area contributed by atoms with E-state index in [1.54, 1.807) is 43.5 Å². The molecule has 0 spiro atoms. The van der Waals surface area contributed by atoms with Gasteiger partial charge in [0.2, 0.25) is 0 Å². The van der Waals surface area contributed by atoms with E-state index in [2.05, 4.69) is 5.32 Å². The fourth-order valence-corrected chi connectivity index (χ4v) is 2.64. The van der Waals surface area contributed by atoms with E-state index in [-0.39, 0.29) is 12.5 Å². The maximum Gasteiger partial charge on any atom is 0.338 e. The lowest BCUT2D eigenvalue weighted by molar-refractivity contribution is 0.0388. The Hall–Kier alpha value is -3.44. The number of esters is 1. The normalized spacial score (nSPS) is 10.3. The van der Waals surface area contributed by atoms with Gasteiger partial charge in [0.25, 0.3) is 5.91 Å². The first-order valence-corrected chi connectivity index (χ1v) is 8.90. The lowest BCUT2D eigenvalue weighted by Crippen LogP contribution is -2.12. The summed E-state index contributed by atoms with van der Waals surface area (Å²) in [6.45, 7) is 0.551. The second-order valence-electron chi connectivity index (χ2n) is 6.10. The van der Waals surface area contributed by atoms with Crippen LogP contribution in [0.15, 0.2) is 78.9 Å². The number of rotatable bonds is 7. The number of carbonyl (C=O) groups is 2. The van der Waals surface area contributed by atoms with Crippen molar-refractivity contribution in [2.75, 3.05) is 25.6 Å². The molecule has 0 unspecified atom stereocenters. The average Bonchev–Trinajstić information content (AvgIpc) is 2.75. The molecule has 0 saturated carbocycles. The third-order valence-electron chi connectivity index (χ3n) is 4.15. The number of anilines is 1. The summed E-state index contributed by atoms with van der Waals surface area (Å²) in [7, 11) is 1.54. The predicted molar refractivity (Wildman–Crippen MR) is 108 cm³/mol. The number of amides is 1. The summed E-state index contributed by atoms with van der Waals surface area (Å²) in [5.74, 6) is -0.638. The second kappa shape index (κ2) is 9.48. The van der Waals surface area contributed by atoms with E-state index in [1.807, 2.05) is 42.5 Å². The highest BCUT2D eigenvalue weighted by atomic mass is 16.6. The summed E-state index contributed by atoms with van der Waals surface area (Å²) >= 11 is 0. The highest BCUT2D eigenvalue weighted by Gasteiger charge is 2.09. The van der Waals surface area contributed by atoms with E-state index in [4.69, 9.17) is 9.47 Å². The Kier molecular flexibility index (Phi) is 6.54. The van der Waals surface area contributed by atoms with Crippen LogP contribution in [0.25, 0.3) is 11.1 Å². The Balaban J connectivity index is 1.60. The predicted octanol–water partition coefficient (Wildman–Crippen LogP) is 4.41. The number of carbonyl (C=O) groups excluding carboxylic acids is 2. The van der Waals surface area contributed by atoms with Crippen molar-refractivity contribution in [3.05, 3.63) is 90.0 Å². The summed E-state index contributed by atoms with van der Waals surface area (Å²) in [6, 6.07) is 24.0. The van der Waals surface area contributed by atoms with Gasteiger partial charge in [0.1, 0.15) is 6.61 Å². The molecule has 0 aliphatic heterocycles. The van der Waals surface area contributed by atoms with Crippen LogP contribution < -0.4 is 5.32 Å². The van der Waals surface area contributed by atoms with Gasteiger partial charge < -0.3 is 14.8 Å². The minimum atomic E-state index is -0.425. The van der Waals surface area contributed by atoms with E-state index >= 15 is 0 Å². The van der Waals surface area contributed by atoms with Crippen molar-refractivity contribution in [2.24, 2.45) is 0 Å². The zero-order valence-corrected chi connectivity index (χ0v) is 15.6. The average molecular weight is 375 g/mol. The zero-order chi connectivity index (χ0) is 19.8. The van der Waals surface area contributed by atoms with Gasteiger partial charge in [-0.3, -0.25) is 4.79 Å². The zero-order valence-electron chi connectivity index (χ0n) is 15.6. The van der Waals surface area contributed by atoms with Crippen LogP contribution in [0.4, 0.5) is 5.69 Å². The molecule has 28 heavy (non-hydrogen) atoms. The van der Waals surface area contributed by atoms with Gasteiger partial charge in [0.15, 0.2) is 0 Å². The number of hydrogen-bond donors (Lipinski definition) is 1. The highest BCUT2D eigenvalue weighted by Crippen LogP contribution is 2.20. The third kappa shape index (κ3) is 5.05. The topological polar surface area (TPSA) is 64.6 Å². The minimum Gasteiger partial charge on any atom is -0.460 e. The van der Waals surface area contributed by atoms with Gasteiger partial charge in [0.05, 0.1) is 12.2 Å². The van der Waals surface area contributed by atoms with Crippen LogP contribution in [0.2, 0.25) is 0 Å². The van der Waals surface area contributed by atoms with Crippen LogP contribution in [0.5, 0.6) is 0 Å². The van der Waals surface area contributed by atoms with Gasteiger partial charge in [-0.2, -0.15) is 0 Å². The lowest BCUT2D eigenvalue weighted by Gasteiger charge is -2.08. The lowest BCUT2D eigenvalue weighted by atomic mass is 10.0. The minimum absolute atomic E-state index is 0.201. The standard InChI is InChI=1S/C23H21NO4/c1-27-15-16-28-23(26)20-11-13-21(14-12-20)24-22(25)19-9-7-18(8-10-19)17-5-3-2-4-6-17/h2-14H,15-16H2,1H3,(H,24,25). The number of hydrogen-bond acceptors (Lipinski definition) is 4. The van der Waals surface area contributed by atoms with E-state index in [1.165, 1.54) is 0 Å². The van der Waals surface area contributed by atoms with Crippen molar-refractivity contribution in [3.63, 3.8) is 0 Å². The molecule has 1 amide bonds. The molecule has 0 aromatic heterocycles. The molecule has 5 heteroatoms. The fraction of sp³-hybridized carbons (Fsp3) is 0.130. The van der Waals surface area contributed by atoms with Gasteiger partial charge in [-0.15, -0.1) is 0 Å². The Labute approximate surface area is 163 Å². The van der Waals surface area contributed by atoms with Gasteiger partial charge >= 0.3 is 5.97 Å². The molecule has 0 aliphatic carbocycles. The molecule has 1 N–H and O–H groups in total. The third-order valence-corrected chi connectivity index (χ3v) is 4.15. The SMILES string of the molecule is COCCOC(=O)c1ccc(NC(=O)c2ccc(-c3ccccc3)cc2)cc1. The molecule has 5 nitrogen and oxygen atoms in total. The van der Waals surface area contributed by atoms with Crippen molar-refractivity contribution in [3.8, 4) is 11.1 Å². The van der Waals surface area contributed by atoms with E-state index in [9.17, 15) is 9.59 Å². The summed E-state index contributed by atoms with van der Waals surface area (Å²) < 4.78 is 9.90. The molecule has 0 radical (unpaired) electrons. The van der Waals surface area contributed by atoms with Crippen LogP contribution in [0.3, 0.4) is 0 Å². The number of benzene rings is 3. The smallest absolute Gasteiger partial charge is 0.338 e. The van der Waals surface area contributed by atoms with Gasteiger partial charge in [0, 0.05) is 18.4 Å². The number of methoxy groups -OCH3 is 1. The first kappa shape index (κ1) is 19.3. The molecule has 0 heterocycles. The molecule has 0 atom stereocenters. The van der Waals surface area contributed by atoms with E-state index in [0.717, 1.165) is 11.1 Å². The van der Waals surface area contributed by atoms with Crippen molar-refractivity contribution < 1.29 is 19.1 Å². The first-order valence-electron chi connectivity index (χ1n) is 8.90. The summed E-state index contributed by atoms with van der Waals surface area (Å²) in [4.78, 5) is 24.3. The molecule has 0 saturated heterocycles. The molecule has 3 rings (SSSR count). The molecule has 0 aliphatic rings. The van der Waals surface area contributed by atoms with Gasteiger partial charge in [-0.1, -0.05) is 42.5 Å². The molecular weight excluding hydrogens is 354 g/mol. The Bertz CT molecular complexity index is 919. The van der Waals surface area contributed by atoms with Crippen LogP contribution in [0, 0.1) is 0 Å². The monoisotopic (exact) mass is 375 g/mol. The van der Waals surface area contributed by atoms with Crippen molar-refractivity contribution in [2.45, 2.75) is 0 Å². The molecule has 142 valence electrons. The molecule has 3 aromatic rings. The van der Waals surface area contributed by atoms with Crippen LogP contribution in [0.1, 0.15) is 20.7 Å². The quantitative estimate of drug-likeness (QED) is 0.491. The molecule has 3 aromatic carbocycles. The van der Waals surface area contributed by atoms with E-state index < -0.39 is 5.97 Å². The summed E-state index contributed by atoms with van der Waals surface area (Å²) in [6.07, 6.45) is 0. The fourth-order valence-electron chi connectivity index (χ4n) is 2.64. The highest BCUT2D eigenvalue weighted by molar-refractivity contribution is 6.04. The van der Waals surface area contributed by atoms with Crippen LogP contribution >= 0.6 is 0 Å². The van der Waals surface area contributed by atoms with Gasteiger partial charge in [-0.05, 0) is 47.5 Å². The maximum absolute atomic E-state index is 12.4. The van der Waals surface area contributed by atoms with Crippen LogP contribution in [-0.4, -0.2) is 32.2 Å². The Morgan fingerprint density at radius 1 is 0.750 bits per heavy atom. The summed E-state index contributed by atoms with van der Waals surface area (Å²) in [5, 5.41) is 2.82. The summed E-state index contributed by atoms with van der Waals surface area (Å²) in [5.41, 5.74) is 3.73. The van der Waals surface area contributed by atoms with Crippen molar-refractivity contribution in [1.82, 2.24) is 0 Å². The Morgan fingerprint density at radius 2 is 1.36 bits per heavy atom. The molecular formula is C23H21NO4. The largest absolute Gasteiger partial charge is 0.460 e. The molecule has 0 bridgehead atoms. The van der Waals surface area contributed by atoms with Crippen molar-refractivity contribution in [1.29, 1.82) is 0 Å². The number of nitrogens with one attached hydrogen (secondary N) is 1. The van der Waals surface area contributed by atoms with Crippen molar-refractivity contribution >= 4 is 17.6 Å². The Morgan fingerprint density at radius 3 is 2.00 bits per heavy atom. The number of ether oxygens (including phenoxy) is 2. The second-order valence-corrected chi connectivity index (χ2v) is 6.10. The van der Waals surface area contributed by atoms with Crippen LogP contribution in [-0.2, 0) is 9.47 Å². The van der Waals surface area contributed by atoms with E-state index in [0.29, 0.717) is 23.4 Å². The first-order chi connectivity index (χ1) is 13.7.